The first-order valence-corrected chi connectivity index (χ1v) is 8.66. The monoisotopic (exact) mass is 484 g/mol. The van der Waals surface area contributed by atoms with Gasteiger partial charge in [0, 0.05) is 13.6 Å². The van der Waals surface area contributed by atoms with E-state index in [1.165, 1.54) is 4.68 Å². The van der Waals surface area contributed by atoms with Crippen LogP contribution >= 0.6 is 38.5 Å². The van der Waals surface area contributed by atoms with Crippen molar-refractivity contribution in [2.75, 3.05) is 0 Å². The van der Waals surface area contributed by atoms with Crippen LogP contribution in [0.15, 0.2) is 45.7 Å². The lowest BCUT2D eigenvalue weighted by Crippen LogP contribution is -2.15. The van der Waals surface area contributed by atoms with Crippen molar-refractivity contribution < 1.29 is 10.2 Å². The minimum atomic E-state index is -0.532. The van der Waals surface area contributed by atoms with Crippen molar-refractivity contribution in [2.45, 2.75) is 5.92 Å². The lowest BCUT2D eigenvalue weighted by Gasteiger charge is -2.25. The number of fused-ring (bicyclic) bond motifs is 4. The highest BCUT2D eigenvalue weighted by atomic mass is 127. The lowest BCUT2D eigenvalue weighted by atomic mass is 9.83. The minimum absolute atomic E-state index is 0.0801. The molecular formula is C16H10BrIN2O3. The molecule has 1 aliphatic heterocycles. The third-order valence-electron chi connectivity index (χ3n) is 4.04. The molecule has 1 unspecified atom stereocenters. The average molecular weight is 485 g/mol. The molecular weight excluding hydrogens is 475 g/mol. The number of aromatic amines is 1. The fourth-order valence-electron chi connectivity index (χ4n) is 3.07. The van der Waals surface area contributed by atoms with Crippen LogP contribution in [0.3, 0.4) is 0 Å². The Morgan fingerprint density at radius 3 is 2.70 bits per heavy atom. The first-order chi connectivity index (χ1) is 11.0. The van der Waals surface area contributed by atoms with E-state index in [0.29, 0.717) is 11.3 Å². The van der Waals surface area contributed by atoms with Crippen LogP contribution in [0.5, 0.6) is 11.6 Å². The van der Waals surface area contributed by atoms with Crippen molar-refractivity contribution in [3.8, 4) is 17.3 Å². The number of nitrogens with zero attached hydrogens (tertiary/aromatic N) is 1. The molecule has 7 heteroatoms. The molecule has 0 fully saturated rings. The maximum absolute atomic E-state index is 12.3. The molecule has 4 rings (SSSR count). The summed E-state index contributed by atoms with van der Waals surface area (Å²) in [5, 5.41) is 23.4. The molecule has 116 valence electrons. The van der Waals surface area contributed by atoms with Gasteiger partial charge >= 0.3 is 0 Å². The van der Waals surface area contributed by atoms with Crippen molar-refractivity contribution in [1.29, 1.82) is 0 Å². The number of H-pyrrole nitrogens is 1. The summed E-state index contributed by atoms with van der Waals surface area (Å²) < 4.78 is 3.18. The van der Waals surface area contributed by atoms with Gasteiger partial charge in [0.1, 0.15) is 5.75 Å². The number of nitrogens with one attached hydrogen (secondary N) is 1. The van der Waals surface area contributed by atoms with Gasteiger partial charge < -0.3 is 10.2 Å². The number of hydrogen-bond donors (Lipinski definition) is 3. The SMILES string of the molecule is O=c1[nH]n2c(O)c1C(c1cc(Br)ccc1O)c1cc(I)ccc1-2. The zero-order valence-electron chi connectivity index (χ0n) is 11.5. The molecule has 0 aliphatic carbocycles. The average Bonchev–Trinajstić information content (AvgIpc) is 2.72. The number of halogens is 2. The Morgan fingerprint density at radius 1 is 1.13 bits per heavy atom. The first-order valence-electron chi connectivity index (χ1n) is 6.79. The summed E-state index contributed by atoms with van der Waals surface area (Å²) >= 11 is 5.60. The molecule has 1 aromatic heterocycles. The van der Waals surface area contributed by atoms with Crippen molar-refractivity contribution in [1.82, 2.24) is 9.78 Å². The van der Waals surface area contributed by atoms with E-state index in [4.69, 9.17) is 0 Å². The zero-order chi connectivity index (χ0) is 16.3. The van der Waals surface area contributed by atoms with Gasteiger partial charge in [0.25, 0.3) is 5.56 Å². The van der Waals surface area contributed by atoms with Gasteiger partial charge in [0.15, 0.2) is 0 Å². The van der Waals surface area contributed by atoms with Crippen LogP contribution in [0, 0.1) is 3.57 Å². The van der Waals surface area contributed by atoms with Crippen LogP contribution in [0.4, 0.5) is 0 Å². The second kappa shape index (κ2) is 5.13. The predicted octanol–water partition coefficient (Wildman–Crippen LogP) is 3.44. The van der Waals surface area contributed by atoms with Gasteiger partial charge in [-0.2, -0.15) is 0 Å². The number of aromatic nitrogens is 2. The van der Waals surface area contributed by atoms with Gasteiger partial charge in [0.2, 0.25) is 5.88 Å². The number of rotatable bonds is 1. The highest BCUT2D eigenvalue weighted by Gasteiger charge is 2.35. The van der Waals surface area contributed by atoms with Crippen LogP contribution in [0.1, 0.15) is 22.6 Å². The van der Waals surface area contributed by atoms with Gasteiger partial charge in [-0.05, 0) is 64.6 Å². The summed E-state index contributed by atoms with van der Waals surface area (Å²) in [6.45, 7) is 0. The van der Waals surface area contributed by atoms with Crippen LogP contribution in [-0.4, -0.2) is 20.0 Å². The number of aromatic hydroxyl groups is 2. The van der Waals surface area contributed by atoms with E-state index in [0.717, 1.165) is 13.6 Å². The molecule has 1 aliphatic rings. The minimum Gasteiger partial charge on any atom is -0.508 e. The van der Waals surface area contributed by atoms with Crippen LogP contribution < -0.4 is 5.56 Å². The smallest absolute Gasteiger partial charge is 0.272 e. The van der Waals surface area contributed by atoms with E-state index in [-0.39, 0.29) is 22.8 Å². The van der Waals surface area contributed by atoms with E-state index in [9.17, 15) is 15.0 Å². The molecule has 23 heavy (non-hydrogen) atoms. The van der Waals surface area contributed by atoms with Gasteiger partial charge in [-0.1, -0.05) is 15.9 Å². The molecule has 0 amide bonds. The maximum atomic E-state index is 12.3. The Kier molecular flexibility index (Phi) is 3.31. The highest BCUT2D eigenvalue weighted by Crippen LogP contribution is 2.46. The predicted molar refractivity (Wildman–Crippen MR) is 97.5 cm³/mol. The second-order valence-corrected chi connectivity index (χ2v) is 7.51. The summed E-state index contributed by atoms with van der Waals surface area (Å²) in [7, 11) is 0. The standard InChI is InChI=1S/C16H10BrIN2O3/c17-7-1-4-12(21)10(5-7)13-9-6-8(18)2-3-11(9)20-16(23)14(13)15(22)19-20/h1-6,13,21,23H,(H,19,22). The van der Waals surface area contributed by atoms with Crippen molar-refractivity contribution in [3.63, 3.8) is 0 Å². The lowest BCUT2D eigenvalue weighted by molar-refractivity contribution is 0.420. The molecule has 2 bridgehead atoms. The Labute approximate surface area is 152 Å². The molecule has 2 heterocycles. The van der Waals surface area contributed by atoms with E-state index in [1.807, 2.05) is 18.2 Å². The molecule has 0 spiro atoms. The Morgan fingerprint density at radius 2 is 1.91 bits per heavy atom. The quantitative estimate of drug-likeness (QED) is 0.362. The topological polar surface area (TPSA) is 78.2 Å². The fraction of sp³-hybridized carbons (Fsp3) is 0.0625. The van der Waals surface area contributed by atoms with E-state index in [1.54, 1.807) is 18.2 Å². The van der Waals surface area contributed by atoms with Crippen LogP contribution in [0.25, 0.3) is 5.69 Å². The van der Waals surface area contributed by atoms with Crippen molar-refractivity contribution in [2.24, 2.45) is 0 Å². The van der Waals surface area contributed by atoms with Gasteiger partial charge in [-0.3, -0.25) is 9.89 Å². The summed E-state index contributed by atoms with van der Waals surface area (Å²) in [5.41, 5.74) is 2.00. The van der Waals surface area contributed by atoms with Crippen LogP contribution in [-0.2, 0) is 0 Å². The second-order valence-electron chi connectivity index (χ2n) is 5.35. The Bertz CT molecular complexity index is 1010. The van der Waals surface area contributed by atoms with Gasteiger partial charge in [-0.15, -0.1) is 0 Å². The molecule has 3 aromatic rings. The maximum Gasteiger partial charge on any atom is 0.272 e. The summed E-state index contributed by atoms with van der Waals surface area (Å²) in [6, 6.07) is 10.8. The third kappa shape index (κ3) is 2.13. The molecule has 0 radical (unpaired) electrons. The molecule has 0 saturated heterocycles. The fourth-order valence-corrected chi connectivity index (χ4v) is 3.96. The van der Waals surface area contributed by atoms with Gasteiger partial charge in [0.05, 0.1) is 17.2 Å². The van der Waals surface area contributed by atoms with E-state index >= 15 is 0 Å². The molecule has 0 saturated carbocycles. The van der Waals surface area contributed by atoms with E-state index in [2.05, 4.69) is 43.6 Å². The zero-order valence-corrected chi connectivity index (χ0v) is 15.3. The highest BCUT2D eigenvalue weighted by molar-refractivity contribution is 14.1. The van der Waals surface area contributed by atoms with Crippen LogP contribution in [0.2, 0.25) is 0 Å². The number of benzene rings is 2. The molecule has 1 atom stereocenters. The van der Waals surface area contributed by atoms with E-state index < -0.39 is 5.92 Å². The number of hydrogen-bond acceptors (Lipinski definition) is 3. The summed E-state index contributed by atoms with van der Waals surface area (Å²) in [4.78, 5) is 12.3. The summed E-state index contributed by atoms with van der Waals surface area (Å²) in [6.07, 6.45) is 0. The molecule has 5 nitrogen and oxygen atoms in total. The van der Waals surface area contributed by atoms with Gasteiger partial charge in [-0.25, -0.2) is 4.68 Å². The number of phenols is 1. The molecule has 2 aromatic carbocycles. The Balaban J connectivity index is 2.11. The molecule has 3 N–H and O–H groups in total. The summed E-state index contributed by atoms with van der Waals surface area (Å²) in [5.74, 6) is -0.569. The largest absolute Gasteiger partial charge is 0.508 e. The normalized spacial score (nSPS) is 15.5. The Hall–Kier alpha value is -1.74. The third-order valence-corrected chi connectivity index (χ3v) is 5.21. The number of phenolic OH excluding ortho intramolecular Hbond substituents is 1. The first kappa shape index (κ1) is 14.8. The van der Waals surface area contributed by atoms with Crippen molar-refractivity contribution in [3.05, 3.63) is 71.5 Å². The van der Waals surface area contributed by atoms with Crippen molar-refractivity contribution >= 4 is 38.5 Å².